The highest BCUT2D eigenvalue weighted by Gasteiger charge is 2.14. The summed E-state index contributed by atoms with van der Waals surface area (Å²) in [6.45, 7) is 0. The normalized spacial score (nSPS) is 11.0. The molecule has 134 valence electrons. The summed E-state index contributed by atoms with van der Waals surface area (Å²) >= 11 is 3.22. The Morgan fingerprint density at radius 2 is 2.00 bits per heavy atom. The molecule has 0 aliphatic heterocycles. The van der Waals surface area contributed by atoms with Gasteiger partial charge in [0.1, 0.15) is 0 Å². The van der Waals surface area contributed by atoms with Crippen molar-refractivity contribution in [3.63, 3.8) is 0 Å². The smallest absolute Gasteiger partial charge is 0.307 e. The molecule has 1 amide bonds. The fourth-order valence-electron chi connectivity index (χ4n) is 2.35. The zero-order valence-corrected chi connectivity index (χ0v) is 15.5. The number of hydrogen-bond acceptors (Lipinski definition) is 6. The number of methoxy groups -OCH3 is 2. The molecule has 0 aliphatic carbocycles. The molecule has 0 fully saturated rings. The number of ether oxygens (including phenoxy) is 2. The number of halogens is 1. The summed E-state index contributed by atoms with van der Waals surface area (Å²) in [5.74, 6) is 0.447. The van der Waals surface area contributed by atoms with Crippen LogP contribution in [-0.4, -0.2) is 31.4 Å². The second-order valence-corrected chi connectivity index (χ2v) is 6.10. The maximum absolute atomic E-state index is 12.2. The van der Waals surface area contributed by atoms with Crippen molar-refractivity contribution in [2.75, 3.05) is 14.2 Å². The average Bonchev–Trinajstić information content (AvgIpc) is 3.08. The van der Waals surface area contributed by atoms with Crippen molar-refractivity contribution in [1.82, 2.24) is 5.43 Å². The van der Waals surface area contributed by atoms with E-state index in [1.165, 1.54) is 20.4 Å². The van der Waals surface area contributed by atoms with Crippen molar-refractivity contribution in [3.05, 3.63) is 52.2 Å². The van der Waals surface area contributed by atoms with Crippen LogP contribution in [0.5, 0.6) is 17.2 Å². The van der Waals surface area contributed by atoms with Crippen molar-refractivity contribution < 1.29 is 23.8 Å². The first kappa shape index (κ1) is 17.8. The summed E-state index contributed by atoms with van der Waals surface area (Å²) in [7, 11) is 2.98. The first-order valence-corrected chi connectivity index (χ1v) is 8.29. The van der Waals surface area contributed by atoms with Crippen LogP contribution in [0.1, 0.15) is 16.1 Å². The largest absolute Gasteiger partial charge is 0.503 e. The van der Waals surface area contributed by atoms with E-state index in [0.29, 0.717) is 21.4 Å². The molecule has 0 unspecified atom stereocenters. The summed E-state index contributed by atoms with van der Waals surface area (Å²) in [5.41, 5.74) is 3.51. The molecule has 0 aliphatic rings. The summed E-state index contributed by atoms with van der Waals surface area (Å²) in [5, 5.41) is 14.4. The summed E-state index contributed by atoms with van der Waals surface area (Å²) < 4.78 is 16.3. The average molecular weight is 419 g/mol. The number of rotatable bonds is 5. The van der Waals surface area contributed by atoms with Crippen molar-refractivity contribution >= 4 is 39.0 Å². The number of carbonyl (C=O) groups excluding carboxylic acids is 1. The fraction of sp³-hybridized carbons (Fsp3) is 0.111. The monoisotopic (exact) mass is 418 g/mol. The molecule has 0 saturated heterocycles. The predicted molar refractivity (Wildman–Crippen MR) is 100 cm³/mol. The van der Waals surface area contributed by atoms with Crippen molar-refractivity contribution in [2.45, 2.75) is 0 Å². The van der Waals surface area contributed by atoms with Crippen molar-refractivity contribution in [1.29, 1.82) is 0 Å². The van der Waals surface area contributed by atoms with E-state index in [0.717, 1.165) is 5.39 Å². The highest BCUT2D eigenvalue weighted by atomic mass is 79.9. The Morgan fingerprint density at radius 3 is 2.73 bits per heavy atom. The Bertz CT molecular complexity index is 997. The maximum Gasteiger partial charge on any atom is 0.307 e. The van der Waals surface area contributed by atoms with Gasteiger partial charge in [0.15, 0.2) is 28.6 Å². The number of carbonyl (C=O) groups is 1. The van der Waals surface area contributed by atoms with Crippen LogP contribution in [0.2, 0.25) is 0 Å². The Hall–Kier alpha value is -3.00. The molecule has 2 N–H and O–H groups in total. The van der Waals surface area contributed by atoms with Gasteiger partial charge in [-0.25, -0.2) is 5.43 Å². The molecule has 26 heavy (non-hydrogen) atoms. The lowest BCUT2D eigenvalue weighted by Crippen LogP contribution is -2.16. The first-order valence-electron chi connectivity index (χ1n) is 7.50. The zero-order chi connectivity index (χ0) is 18.7. The number of para-hydroxylation sites is 1. The Labute approximate surface area is 157 Å². The van der Waals surface area contributed by atoms with E-state index in [2.05, 4.69) is 26.5 Å². The first-order chi connectivity index (χ1) is 12.5. The Kier molecular flexibility index (Phi) is 5.13. The minimum absolute atomic E-state index is 0.00934. The third-order valence-electron chi connectivity index (χ3n) is 3.60. The van der Waals surface area contributed by atoms with Gasteiger partial charge < -0.3 is 19.0 Å². The zero-order valence-electron chi connectivity index (χ0n) is 13.9. The SMILES string of the molecule is COc1cc(/C=N\NC(=O)c2cc3cccc(OC)c3o2)cc(Br)c1O. The van der Waals surface area contributed by atoms with E-state index in [-0.39, 0.29) is 17.3 Å². The van der Waals surface area contributed by atoms with Crippen molar-refractivity contribution in [2.24, 2.45) is 5.10 Å². The molecule has 7 nitrogen and oxygen atoms in total. The van der Waals surface area contributed by atoms with Crippen LogP contribution in [0.3, 0.4) is 0 Å². The number of hydrogen-bond donors (Lipinski definition) is 2. The van der Waals surface area contributed by atoms with E-state index in [9.17, 15) is 9.90 Å². The summed E-state index contributed by atoms with van der Waals surface area (Å²) in [6, 6.07) is 10.2. The lowest BCUT2D eigenvalue weighted by Gasteiger charge is -2.06. The van der Waals surface area contributed by atoms with Gasteiger partial charge >= 0.3 is 5.91 Å². The second-order valence-electron chi connectivity index (χ2n) is 5.24. The van der Waals surface area contributed by atoms with Gasteiger partial charge in [-0.05, 0) is 45.8 Å². The van der Waals surface area contributed by atoms with Gasteiger partial charge in [0.05, 0.1) is 24.9 Å². The lowest BCUT2D eigenvalue weighted by molar-refractivity contribution is 0.0929. The van der Waals surface area contributed by atoms with E-state index < -0.39 is 5.91 Å². The van der Waals surface area contributed by atoms with E-state index in [1.807, 2.05) is 12.1 Å². The summed E-state index contributed by atoms with van der Waals surface area (Å²) in [4.78, 5) is 12.2. The molecule has 3 rings (SSSR count). The number of nitrogens with one attached hydrogen (secondary N) is 1. The number of furan rings is 1. The number of hydrazone groups is 1. The van der Waals surface area contributed by atoms with E-state index in [1.54, 1.807) is 24.3 Å². The van der Waals surface area contributed by atoms with Crippen LogP contribution in [0, 0.1) is 0 Å². The van der Waals surface area contributed by atoms with Gasteiger partial charge in [0.25, 0.3) is 0 Å². The van der Waals surface area contributed by atoms with Crippen LogP contribution in [-0.2, 0) is 0 Å². The molecule has 2 aromatic carbocycles. The van der Waals surface area contributed by atoms with E-state index in [4.69, 9.17) is 13.9 Å². The molecule has 0 atom stereocenters. The van der Waals surface area contributed by atoms with Crippen LogP contribution in [0.15, 0.2) is 50.4 Å². The minimum atomic E-state index is -0.496. The third kappa shape index (κ3) is 3.50. The topological polar surface area (TPSA) is 93.3 Å². The van der Waals surface area contributed by atoms with Crippen LogP contribution in [0.25, 0.3) is 11.0 Å². The van der Waals surface area contributed by atoms with Gasteiger partial charge in [-0.1, -0.05) is 12.1 Å². The van der Waals surface area contributed by atoms with E-state index >= 15 is 0 Å². The number of phenols is 1. The quantitative estimate of drug-likeness (QED) is 0.486. The van der Waals surface area contributed by atoms with Gasteiger partial charge in [-0.15, -0.1) is 0 Å². The second kappa shape index (κ2) is 7.49. The molecule has 0 saturated carbocycles. The van der Waals surface area contributed by atoms with Crippen LogP contribution < -0.4 is 14.9 Å². The molecule has 1 heterocycles. The molecular formula is C18H15BrN2O5. The van der Waals surface area contributed by atoms with Crippen LogP contribution in [0.4, 0.5) is 0 Å². The molecule has 3 aromatic rings. The van der Waals surface area contributed by atoms with Gasteiger partial charge in [0.2, 0.25) is 0 Å². The number of nitrogens with zero attached hydrogens (tertiary/aromatic N) is 1. The number of benzene rings is 2. The number of fused-ring (bicyclic) bond motifs is 1. The summed E-state index contributed by atoms with van der Waals surface area (Å²) in [6.07, 6.45) is 1.42. The fourth-order valence-corrected chi connectivity index (χ4v) is 2.81. The van der Waals surface area contributed by atoms with Gasteiger partial charge in [-0.2, -0.15) is 5.10 Å². The molecule has 0 radical (unpaired) electrons. The van der Waals surface area contributed by atoms with Crippen molar-refractivity contribution in [3.8, 4) is 17.2 Å². The van der Waals surface area contributed by atoms with Gasteiger partial charge in [-0.3, -0.25) is 4.79 Å². The minimum Gasteiger partial charge on any atom is -0.503 e. The molecule has 1 aromatic heterocycles. The number of phenolic OH excluding ortho intramolecular Hbond substituents is 1. The highest BCUT2D eigenvalue weighted by molar-refractivity contribution is 9.10. The third-order valence-corrected chi connectivity index (χ3v) is 4.21. The molecule has 0 bridgehead atoms. The van der Waals surface area contributed by atoms with Gasteiger partial charge in [0, 0.05) is 5.39 Å². The number of amides is 1. The molecule has 8 heteroatoms. The lowest BCUT2D eigenvalue weighted by atomic mass is 10.2. The number of aromatic hydroxyl groups is 1. The Balaban J connectivity index is 1.77. The Morgan fingerprint density at radius 1 is 1.23 bits per heavy atom. The maximum atomic E-state index is 12.2. The van der Waals surface area contributed by atoms with Crippen LogP contribution >= 0.6 is 15.9 Å². The molecule has 0 spiro atoms. The predicted octanol–water partition coefficient (Wildman–Crippen LogP) is 3.68. The molecular weight excluding hydrogens is 404 g/mol. The standard InChI is InChI=1S/C18H15BrN2O5/c1-24-13-5-3-4-11-8-15(26-17(11)13)18(23)21-20-9-10-6-12(19)16(22)14(7-10)25-2/h3-9,22H,1-2H3,(H,21,23)/b20-9-. The highest BCUT2D eigenvalue weighted by Crippen LogP contribution is 2.34.